The van der Waals surface area contributed by atoms with E-state index >= 15 is 0 Å². The summed E-state index contributed by atoms with van der Waals surface area (Å²) < 4.78 is 11.3. The Labute approximate surface area is 151 Å². The van der Waals surface area contributed by atoms with E-state index < -0.39 is 0 Å². The molecule has 1 fully saturated rings. The molecule has 0 saturated carbocycles. The number of rotatable bonds is 5. The zero-order valence-corrected chi connectivity index (χ0v) is 14.3. The van der Waals surface area contributed by atoms with Gasteiger partial charge in [-0.05, 0) is 24.3 Å². The van der Waals surface area contributed by atoms with Gasteiger partial charge < -0.3 is 14.4 Å². The third-order valence-corrected chi connectivity index (χ3v) is 3.88. The highest BCUT2D eigenvalue weighted by Crippen LogP contribution is 2.13. The van der Waals surface area contributed by atoms with Crippen LogP contribution in [0, 0.1) is 0 Å². The molecule has 0 N–H and O–H groups in total. The third kappa shape index (κ3) is 5.27. The minimum atomic E-state index is -0.196. The molecular formula is C18H18ClN3O3. The summed E-state index contributed by atoms with van der Waals surface area (Å²) in [6.07, 6.45) is 6.26. The van der Waals surface area contributed by atoms with Gasteiger partial charge in [0.25, 0.3) is 0 Å². The van der Waals surface area contributed by atoms with Crippen LogP contribution in [0.4, 0.5) is 0 Å². The van der Waals surface area contributed by atoms with E-state index in [4.69, 9.17) is 21.1 Å². The van der Waals surface area contributed by atoms with Crippen molar-refractivity contribution in [3.8, 4) is 5.88 Å². The molecule has 1 amide bonds. The fraction of sp³-hybridized carbons (Fsp3) is 0.278. The van der Waals surface area contributed by atoms with Crippen LogP contribution in [0.3, 0.4) is 0 Å². The Hall–Kier alpha value is -2.44. The molecule has 2 aromatic heterocycles. The van der Waals surface area contributed by atoms with Gasteiger partial charge in [0, 0.05) is 31.1 Å². The summed E-state index contributed by atoms with van der Waals surface area (Å²) in [6.45, 7) is 1.83. The molecule has 130 valence electrons. The topological polar surface area (TPSA) is 64.6 Å². The second-order valence-corrected chi connectivity index (χ2v) is 5.93. The SMILES string of the molecule is O=C(C=Cc1ccccn1)N1CCOC(COc2ccc(Cl)cn2)C1. The minimum absolute atomic E-state index is 0.0661. The molecular weight excluding hydrogens is 342 g/mol. The molecule has 6 nitrogen and oxygen atoms in total. The first kappa shape index (κ1) is 17.4. The molecule has 0 spiro atoms. The Morgan fingerprint density at radius 2 is 2.28 bits per heavy atom. The summed E-state index contributed by atoms with van der Waals surface area (Å²) in [4.78, 5) is 22.3. The van der Waals surface area contributed by atoms with Crippen molar-refractivity contribution in [3.63, 3.8) is 0 Å². The van der Waals surface area contributed by atoms with Crippen LogP contribution in [0.15, 0.2) is 48.8 Å². The van der Waals surface area contributed by atoms with Crippen molar-refractivity contribution < 1.29 is 14.3 Å². The normalized spacial score (nSPS) is 17.6. The lowest BCUT2D eigenvalue weighted by Crippen LogP contribution is -2.47. The van der Waals surface area contributed by atoms with E-state index in [1.165, 1.54) is 12.3 Å². The van der Waals surface area contributed by atoms with E-state index in [9.17, 15) is 4.79 Å². The molecule has 0 aliphatic carbocycles. The van der Waals surface area contributed by atoms with Crippen LogP contribution in [0.25, 0.3) is 6.08 Å². The predicted octanol–water partition coefficient (Wildman–Crippen LogP) is 2.45. The number of carbonyl (C=O) groups is 1. The van der Waals surface area contributed by atoms with Gasteiger partial charge in [-0.2, -0.15) is 0 Å². The zero-order valence-electron chi connectivity index (χ0n) is 13.5. The van der Waals surface area contributed by atoms with Crippen LogP contribution >= 0.6 is 11.6 Å². The van der Waals surface area contributed by atoms with Crippen molar-refractivity contribution in [1.29, 1.82) is 0 Å². The second-order valence-electron chi connectivity index (χ2n) is 5.49. The highest BCUT2D eigenvalue weighted by atomic mass is 35.5. The van der Waals surface area contributed by atoms with E-state index in [1.807, 2.05) is 18.2 Å². The average Bonchev–Trinajstić information content (AvgIpc) is 2.67. The molecule has 3 heterocycles. The van der Waals surface area contributed by atoms with Crippen molar-refractivity contribution in [2.24, 2.45) is 0 Å². The van der Waals surface area contributed by atoms with Crippen LogP contribution in [0.2, 0.25) is 5.02 Å². The maximum atomic E-state index is 12.3. The number of hydrogen-bond donors (Lipinski definition) is 0. The molecule has 7 heteroatoms. The molecule has 1 unspecified atom stereocenters. The van der Waals surface area contributed by atoms with Gasteiger partial charge in [-0.1, -0.05) is 17.7 Å². The first-order valence-electron chi connectivity index (χ1n) is 7.95. The fourth-order valence-corrected chi connectivity index (χ4v) is 2.49. The highest BCUT2D eigenvalue weighted by Gasteiger charge is 2.23. The smallest absolute Gasteiger partial charge is 0.246 e. The molecule has 0 aromatic carbocycles. The van der Waals surface area contributed by atoms with E-state index in [1.54, 1.807) is 29.3 Å². The highest BCUT2D eigenvalue weighted by molar-refractivity contribution is 6.30. The lowest BCUT2D eigenvalue weighted by molar-refractivity contribution is -0.134. The van der Waals surface area contributed by atoms with E-state index in [-0.39, 0.29) is 12.0 Å². The van der Waals surface area contributed by atoms with Crippen molar-refractivity contribution in [3.05, 3.63) is 59.5 Å². The lowest BCUT2D eigenvalue weighted by atomic mass is 10.2. The number of hydrogen-bond acceptors (Lipinski definition) is 5. The summed E-state index contributed by atoms with van der Waals surface area (Å²) in [6, 6.07) is 8.97. The standard InChI is InChI=1S/C18H18ClN3O3/c19-14-4-6-17(21-11-14)25-13-16-12-22(9-10-24-16)18(23)7-5-15-3-1-2-8-20-15/h1-8,11,16H,9-10,12-13H2. The van der Waals surface area contributed by atoms with Crippen LogP contribution < -0.4 is 4.74 Å². The van der Waals surface area contributed by atoms with Gasteiger partial charge in [0.1, 0.15) is 12.7 Å². The summed E-state index contributed by atoms with van der Waals surface area (Å²) in [5.74, 6) is 0.412. The molecule has 0 radical (unpaired) electrons. The van der Waals surface area contributed by atoms with Crippen LogP contribution in [0.5, 0.6) is 5.88 Å². The molecule has 0 bridgehead atoms. The molecule has 25 heavy (non-hydrogen) atoms. The predicted molar refractivity (Wildman–Crippen MR) is 94.3 cm³/mol. The number of morpholine rings is 1. The Bertz CT molecular complexity index is 722. The van der Waals surface area contributed by atoms with Crippen molar-refractivity contribution in [1.82, 2.24) is 14.9 Å². The summed E-state index contributed by atoms with van der Waals surface area (Å²) in [7, 11) is 0. The summed E-state index contributed by atoms with van der Waals surface area (Å²) >= 11 is 5.79. The maximum Gasteiger partial charge on any atom is 0.246 e. The molecule has 2 aromatic rings. The van der Waals surface area contributed by atoms with E-state index in [2.05, 4.69) is 9.97 Å². The molecule has 1 saturated heterocycles. The second kappa shape index (κ2) is 8.60. The quantitative estimate of drug-likeness (QED) is 0.767. The van der Waals surface area contributed by atoms with Gasteiger partial charge in [0.2, 0.25) is 11.8 Å². The van der Waals surface area contributed by atoms with Crippen molar-refractivity contribution in [2.45, 2.75) is 6.10 Å². The number of carbonyl (C=O) groups excluding carboxylic acids is 1. The lowest BCUT2D eigenvalue weighted by Gasteiger charge is -2.32. The summed E-state index contributed by atoms with van der Waals surface area (Å²) in [5.41, 5.74) is 0.748. The molecule has 1 aliphatic rings. The molecule has 1 aliphatic heterocycles. The van der Waals surface area contributed by atoms with Crippen LogP contribution in [-0.4, -0.2) is 53.2 Å². The number of aromatic nitrogens is 2. The van der Waals surface area contributed by atoms with Gasteiger partial charge in [0.05, 0.1) is 23.9 Å². The van der Waals surface area contributed by atoms with E-state index in [0.717, 1.165) is 5.69 Å². The van der Waals surface area contributed by atoms with Crippen LogP contribution in [0.1, 0.15) is 5.69 Å². The Kier molecular flexibility index (Phi) is 5.98. The van der Waals surface area contributed by atoms with Gasteiger partial charge in [-0.3, -0.25) is 9.78 Å². The number of amides is 1. The third-order valence-electron chi connectivity index (χ3n) is 3.65. The van der Waals surface area contributed by atoms with Gasteiger partial charge in [-0.25, -0.2) is 4.98 Å². The fourth-order valence-electron chi connectivity index (χ4n) is 2.38. The number of pyridine rings is 2. The maximum absolute atomic E-state index is 12.3. The first-order chi connectivity index (χ1) is 12.2. The van der Waals surface area contributed by atoms with Crippen LogP contribution in [-0.2, 0) is 9.53 Å². The number of halogens is 1. The van der Waals surface area contributed by atoms with Crippen molar-refractivity contribution in [2.75, 3.05) is 26.3 Å². The zero-order chi connectivity index (χ0) is 17.5. The largest absolute Gasteiger partial charge is 0.475 e. The van der Waals surface area contributed by atoms with E-state index in [0.29, 0.717) is 37.2 Å². The van der Waals surface area contributed by atoms with Crippen molar-refractivity contribution >= 4 is 23.6 Å². The number of ether oxygens (including phenoxy) is 2. The first-order valence-corrected chi connectivity index (χ1v) is 8.32. The van der Waals surface area contributed by atoms with Gasteiger partial charge in [0.15, 0.2) is 0 Å². The Balaban J connectivity index is 1.51. The molecule has 3 rings (SSSR count). The Morgan fingerprint density at radius 3 is 3.04 bits per heavy atom. The van der Waals surface area contributed by atoms with Gasteiger partial charge >= 0.3 is 0 Å². The Morgan fingerprint density at radius 1 is 1.36 bits per heavy atom. The number of nitrogens with zero attached hydrogens (tertiary/aromatic N) is 3. The minimum Gasteiger partial charge on any atom is -0.475 e. The average molecular weight is 360 g/mol. The van der Waals surface area contributed by atoms with Gasteiger partial charge in [-0.15, -0.1) is 0 Å². The summed E-state index contributed by atoms with van der Waals surface area (Å²) in [5, 5.41) is 0.553. The monoisotopic (exact) mass is 359 g/mol. The molecule has 1 atom stereocenters.